The normalized spacial score (nSPS) is 15.8. The van der Waals surface area contributed by atoms with Crippen LogP contribution in [0.2, 0.25) is 0 Å². The molecule has 78 heavy (non-hydrogen) atoms. The van der Waals surface area contributed by atoms with E-state index in [1.54, 1.807) is 0 Å². The Morgan fingerprint density at radius 2 is 0.859 bits per heavy atom. The van der Waals surface area contributed by atoms with E-state index < -0.39 is 0 Å². The largest absolute Gasteiger partial charge is 0.330 e. The van der Waals surface area contributed by atoms with Crippen LogP contribution in [0.3, 0.4) is 0 Å². The summed E-state index contributed by atoms with van der Waals surface area (Å²) in [4.78, 5) is 4.90. The molecule has 8 aromatic carbocycles. The number of rotatable bonds is 10. The lowest BCUT2D eigenvalue weighted by Crippen LogP contribution is -2.37. The first-order chi connectivity index (χ1) is 37.8. The zero-order valence-electron chi connectivity index (χ0n) is 45.6. The SMILES string of the molecule is Cc1ccc(-c2ccc(N(C3=C4C=CC5=C6C(=CC=C(C=C3)C46)C(N(c3ccc(C#N)cc3)c3ccc(-c4ccc(C)c(C)c4)cc3-c3ccc(C)c(C)c3)C=C5)c3ccc(C#N)cc3)c(-c3ccc(C)c(C)c3)c2)cc1C. The molecule has 0 aromatic heterocycles. The second kappa shape index (κ2) is 19.9. The first-order valence-electron chi connectivity index (χ1n) is 27.0. The van der Waals surface area contributed by atoms with Crippen LogP contribution in [0.1, 0.15) is 55.6 Å². The molecule has 0 N–H and O–H groups in total. The lowest BCUT2D eigenvalue weighted by Gasteiger charge is -2.44. The van der Waals surface area contributed by atoms with Gasteiger partial charge in [-0.15, -0.1) is 0 Å². The minimum Gasteiger partial charge on any atom is -0.330 e. The Labute approximate surface area is 460 Å². The van der Waals surface area contributed by atoms with Gasteiger partial charge >= 0.3 is 0 Å². The molecular weight excluding hydrogens is 945 g/mol. The maximum Gasteiger partial charge on any atom is 0.0991 e. The Morgan fingerprint density at radius 1 is 0.397 bits per heavy atom. The van der Waals surface area contributed by atoms with E-state index in [4.69, 9.17) is 0 Å². The molecular formula is C74H60N4. The number of allylic oxidation sites excluding steroid dienone is 10. The molecule has 2 atom stereocenters. The van der Waals surface area contributed by atoms with E-state index in [0.29, 0.717) is 11.1 Å². The van der Waals surface area contributed by atoms with Crippen molar-refractivity contribution < 1.29 is 0 Å². The highest BCUT2D eigenvalue weighted by Gasteiger charge is 2.40. The summed E-state index contributed by atoms with van der Waals surface area (Å²) in [5.41, 5.74) is 31.8. The third-order valence-corrected chi connectivity index (χ3v) is 16.8. The van der Waals surface area contributed by atoms with Crippen molar-refractivity contribution in [3.8, 4) is 56.6 Å². The molecule has 0 radical (unpaired) electrons. The summed E-state index contributed by atoms with van der Waals surface area (Å²) < 4.78 is 0. The molecule has 4 nitrogen and oxygen atoms in total. The molecule has 0 amide bonds. The first-order valence-corrected chi connectivity index (χ1v) is 27.0. The van der Waals surface area contributed by atoms with E-state index in [1.165, 1.54) is 83.5 Å². The number of anilines is 4. The van der Waals surface area contributed by atoms with Crippen LogP contribution < -0.4 is 9.80 Å². The van der Waals surface area contributed by atoms with Gasteiger partial charge in [0, 0.05) is 34.1 Å². The summed E-state index contributed by atoms with van der Waals surface area (Å²) in [5, 5.41) is 20.1. The highest BCUT2D eigenvalue weighted by atomic mass is 15.2. The van der Waals surface area contributed by atoms with Gasteiger partial charge in [0.2, 0.25) is 0 Å². The molecule has 4 aliphatic rings. The van der Waals surface area contributed by atoms with Gasteiger partial charge in [-0.25, -0.2) is 0 Å². The summed E-state index contributed by atoms with van der Waals surface area (Å²) in [6.07, 6.45) is 18.6. The number of hydrogen-bond donors (Lipinski definition) is 0. The van der Waals surface area contributed by atoms with Crippen LogP contribution in [0.4, 0.5) is 22.7 Å². The molecule has 0 bridgehead atoms. The lowest BCUT2D eigenvalue weighted by atomic mass is 9.67. The van der Waals surface area contributed by atoms with Gasteiger partial charge in [0.25, 0.3) is 0 Å². The molecule has 12 rings (SSSR count). The molecule has 376 valence electrons. The average molecular weight is 1010 g/mol. The zero-order chi connectivity index (χ0) is 53.9. The Hall–Kier alpha value is -9.48. The highest BCUT2D eigenvalue weighted by molar-refractivity contribution is 5.92. The van der Waals surface area contributed by atoms with Crippen LogP contribution >= 0.6 is 0 Å². The third kappa shape index (κ3) is 8.76. The highest BCUT2D eigenvalue weighted by Crippen LogP contribution is 2.53. The topological polar surface area (TPSA) is 54.1 Å². The number of benzene rings is 8. The molecule has 4 heteroatoms. The summed E-state index contributed by atoms with van der Waals surface area (Å²) in [6.45, 7) is 17.4. The van der Waals surface area contributed by atoms with Crippen molar-refractivity contribution in [1.29, 1.82) is 10.5 Å². The van der Waals surface area contributed by atoms with Crippen LogP contribution in [0.5, 0.6) is 0 Å². The van der Waals surface area contributed by atoms with Crippen LogP contribution in [0, 0.1) is 84.0 Å². The van der Waals surface area contributed by atoms with E-state index in [2.05, 4.69) is 259 Å². The van der Waals surface area contributed by atoms with Gasteiger partial charge in [0.1, 0.15) is 0 Å². The second-order valence-electron chi connectivity index (χ2n) is 21.6. The zero-order valence-corrected chi connectivity index (χ0v) is 45.6. The van der Waals surface area contributed by atoms with Crippen molar-refractivity contribution >= 4 is 22.7 Å². The number of aryl methyl sites for hydroxylation is 8. The maximum absolute atomic E-state index is 10.0. The van der Waals surface area contributed by atoms with Gasteiger partial charge in [-0.3, -0.25) is 0 Å². The number of nitrogens with zero attached hydrogens (tertiary/aromatic N) is 4. The first kappa shape index (κ1) is 49.4. The Bertz CT molecular complexity index is 4130. The van der Waals surface area contributed by atoms with Gasteiger partial charge in [-0.05, 0) is 240 Å². The Kier molecular flexibility index (Phi) is 12.6. The molecule has 2 unspecified atom stereocenters. The van der Waals surface area contributed by atoms with Crippen LogP contribution in [0.25, 0.3) is 44.5 Å². The van der Waals surface area contributed by atoms with Crippen molar-refractivity contribution in [2.75, 3.05) is 9.80 Å². The molecule has 0 saturated heterocycles. The predicted octanol–water partition coefficient (Wildman–Crippen LogP) is 18.7. The average Bonchev–Trinajstić information content (AvgIpc) is 3.53. The molecule has 0 spiro atoms. The van der Waals surface area contributed by atoms with Gasteiger partial charge in [-0.2, -0.15) is 10.5 Å². The monoisotopic (exact) mass is 1000 g/mol. The van der Waals surface area contributed by atoms with E-state index >= 15 is 0 Å². The summed E-state index contributed by atoms with van der Waals surface area (Å²) in [6, 6.07) is 61.6. The number of nitriles is 2. The fraction of sp³-hybridized carbons (Fsp3) is 0.135. The van der Waals surface area contributed by atoms with Gasteiger partial charge in [0.05, 0.1) is 40.7 Å². The van der Waals surface area contributed by atoms with Gasteiger partial charge < -0.3 is 9.80 Å². The molecule has 0 heterocycles. The smallest absolute Gasteiger partial charge is 0.0991 e. The minimum atomic E-state index is -0.210. The van der Waals surface area contributed by atoms with E-state index in [-0.39, 0.29) is 12.0 Å². The van der Waals surface area contributed by atoms with E-state index in [9.17, 15) is 10.5 Å². The quantitative estimate of drug-likeness (QED) is 0.137. The van der Waals surface area contributed by atoms with Crippen molar-refractivity contribution in [3.05, 3.63) is 296 Å². The molecule has 4 aliphatic carbocycles. The van der Waals surface area contributed by atoms with Gasteiger partial charge in [0.15, 0.2) is 0 Å². The maximum atomic E-state index is 10.0. The predicted molar refractivity (Wildman–Crippen MR) is 324 cm³/mol. The third-order valence-electron chi connectivity index (χ3n) is 16.8. The van der Waals surface area contributed by atoms with Crippen molar-refractivity contribution in [3.63, 3.8) is 0 Å². The minimum absolute atomic E-state index is 0.0626. The molecule has 0 fully saturated rings. The van der Waals surface area contributed by atoms with Crippen LogP contribution in [-0.4, -0.2) is 6.04 Å². The van der Waals surface area contributed by atoms with Crippen molar-refractivity contribution in [2.24, 2.45) is 5.92 Å². The fourth-order valence-corrected chi connectivity index (χ4v) is 11.7. The van der Waals surface area contributed by atoms with E-state index in [0.717, 1.165) is 61.8 Å². The van der Waals surface area contributed by atoms with Crippen LogP contribution in [0.15, 0.2) is 240 Å². The summed E-state index contributed by atoms with van der Waals surface area (Å²) in [5.74, 6) is -0.0626. The van der Waals surface area contributed by atoms with Crippen molar-refractivity contribution in [1.82, 2.24) is 0 Å². The molecule has 0 aliphatic heterocycles. The Morgan fingerprint density at radius 3 is 1.38 bits per heavy atom. The molecule has 0 saturated carbocycles. The lowest BCUT2D eigenvalue weighted by molar-refractivity contribution is 0.773. The molecule has 8 aromatic rings. The van der Waals surface area contributed by atoms with Gasteiger partial charge in [-0.1, -0.05) is 127 Å². The standard InChI is InChI=1S/C74H60N4/c1-45-9-17-57(37-49(45)5)59-25-35-71(67(41-59)61-19-11-47(3)51(7)39-61)77(63-27-13-53(43-75)14-28-63)69-33-23-55-22-32-66-70(34-24-56-21-31-65(69)73(55)74(56)66)78(64-29-15-54(44-76)16-30-64)72-36-26-60(58-18-10-46(2)50(6)38-58)42-68(72)62-20-12-48(4)52(8)40-62/h9-42,69,74H,1-8H3. The fourth-order valence-electron chi connectivity index (χ4n) is 11.7. The van der Waals surface area contributed by atoms with Crippen molar-refractivity contribution in [2.45, 2.75) is 61.4 Å². The van der Waals surface area contributed by atoms with Crippen LogP contribution in [-0.2, 0) is 0 Å². The summed E-state index contributed by atoms with van der Waals surface area (Å²) in [7, 11) is 0. The number of hydrogen-bond acceptors (Lipinski definition) is 4. The summed E-state index contributed by atoms with van der Waals surface area (Å²) >= 11 is 0. The second-order valence-corrected chi connectivity index (χ2v) is 21.6. The Balaban J connectivity index is 1.03. The van der Waals surface area contributed by atoms with E-state index in [1.807, 2.05) is 24.3 Å².